The molecule has 0 saturated heterocycles. The lowest BCUT2D eigenvalue weighted by Gasteiger charge is -2.20. The lowest BCUT2D eigenvalue weighted by molar-refractivity contribution is 0.327. The van der Waals surface area contributed by atoms with Crippen LogP contribution in [-0.4, -0.2) is 26.3 Å². The molecule has 1 aromatic carbocycles. The summed E-state index contributed by atoms with van der Waals surface area (Å²) in [5, 5.41) is 1.31. The van der Waals surface area contributed by atoms with Gasteiger partial charge in [-0.3, -0.25) is 4.98 Å². The molecule has 0 aliphatic rings. The van der Waals surface area contributed by atoms with Gasteiger partial charge in [0.1, 0.15) is 0 Å². The summed E-state index contributed by atoms with van der Waals surface area (Å²) < 4.78 is 16.2. The van der Waals surface area contributed by atoms with Crippen molar-refractivity contribution in [1.29, 1.82) is 0 Å². The van der Waals surface area contributed by atoms with Gasteiger partial charge in [-0.15, -0.1) is 0 Å². The standard InChI is InChI=1S/C16H20ClNO3/c1-16(2,3)12-7-9(17)13-10(18-12)8-11(19-4)14(20-5)15(13)21-6/h7-8H,1-6H3. The molecule has 114 valence electrons. The highest BCUT2D eigenvalue weighted by atomic mass is 35.5. The number of rotatable bonds is 3. The number of hydrogen-bond donors (Lipinski definition) is 0. The molecule has 5 heteroatoms. The Morgan fingerprint density at radius 3 is 2.05 bits per heavy atom. The maximum atomic E-state index is 6.46. The minimum atomic E-state index is -0.0990. The number of halogens is 1. The third-order valence-electron chi connectivity index (χ3n) is 3.32. The molecule has 0 bridgehead atoms. The van der Waals surface area contributed by atoms with Crippen LogP contribution in [0.5, 0.6) is 17.2 Å². The Labute approximate surface area is 130 Å². The molecule has 0 unspecified atom stereocenters. The second-order valence-electron chi connectivity index (χ2n) is 5.78. The van der Waals surface area contributed by atoms with Gasteiger partial charge in [-0.1, -0.05) is 32.4 Å². The molecule has 2 aromatic rings. The predicted octanol–water partition coefficient (Wildman–Crippen LogP) is 4.21. The fourth-order valence-corrected chi connectivity index (χ4v) is 2.49. The van der Waals surface area contributed by atoms with Gasteiger partial charge in [0, 0.05) is 17.2 Å². The molecule has 0 radical (unpaired) electrons. The molecular weight excluding hydrogens is 290 g/mol. The number of methoxy groups -OCH3 is 3. The van der Waals surface area contributed by atoms with Crippen LogP contribution in [0.25, 0.3) is 10.9 Å². The number of hydrogen-bond acceptors (Lipinski definition) is 4. The Morgan fingerprint density at radius 1 is 0.952 bits per heavy atom. The lowest BCUT2D eigenvalue weighted by atomic mass is 9.91. The largest absolute Gasteiger partial charge is 0.493 e. The van der Waals surface area contributed by atoms with E-state index in [4.69, 9.17) is 30.8 Å². The average molecular weight is 310 g/mol. The fraction of sp³-hybridized carbons (Fsp3) is 0.438. The van der Waals surface area contributed by atoms with Crippen molar-refractivity contribution in [2.75, 3.05) is 21.3 Å². The number of nitrogens with zero attached hydrogens (tertiary/aromatic N) is 1. The maximum Gasteiger partial charge on any atom is 0.204 e. The highest BCUT2D eigenvalue weighted by molar-refractivity contribution is 6.36. The van der Waals surface area contributed by atoms with E-state index < -0.39 is 0 Å². The van der Waals surface area contributed by atoms with E-state index in [-0.39, 0.29) is 5.41 Å². The summed E-state index contributed by atoms with van der Waals surface area (Å²) in [5.41, 5.74) is 1.54. The lowest BCUT2D eigenvalue weighted by Crippen LogP contribution is -2.13. The van der Waals surface area contributed by atoms with Gasteiger partial charge in [-0.2, -0.15) is 0 Å². The Balaban J connectivity index is 2.89. The second kappa shape index (κ2) is 5.60. The normalized spacial score (nSPS) is 11.6. The molecule has 0 amide bonds. The van der Waals surface area contributed by atoms with Crippen molar-refractivity contribution in [2.24, 2.45) is 0 Å². The smallest absolute Gasteiger partial charge is 0.204 e. The maximum absolute atomic E-state index is 6.46. The highest BCUT2D eigenvalue weighted by Crippen LogP contribution is 2.45. The third-order valence-corrected chi connectivity index (χ3v) is 3.62. The van der Waals surface area contributed by atoms with Crippen LogP contribution in [0.15, 0.2) is 12.1 Å². The molecule has 0 saturated carbocycles. The number of aromatic nitrogens is 1. The Morgan fingerprint density at radius 2 is 1.57 bits per heavy atom. The first-order valence-electron chi connectivity index (χ1n) is 6.63. The zero-order chi connectivity index (χ0) is 15.8. The van der Waals surface area contributed by atoms with E-state index in [1.807, 2.05) is 12.1 Å². The zero-order valence-electron chi connectivity index (χ0n) is 13.2. The SMILES string of the molecule is COc1cc2nc(C(C)(C)C)cc(Cl)c2c(OC)c1OC. The van der Waals surface area contributed by atoms with Crippen molar-refractivity contribution in [3.63, 3.8) is 0 Å². The van der Waals surface area contributed by atoms with Crippen LogP contribution in [-0.2, 0) is 5.41 Å². The van der Waals surface area contributed by atoms with Crippen molar-refractivity contribution < 1.29 is 14.2 Å². The summed E-state index contributed by atoms with van der Waals surface area (Å²) in [6.07, 6.45) is 0. The number of benzene rings is 1. The van der Waals surface area contributed by atoms with Crippen LogP contribution in [0, 0.1) is 0 Å². The van der Waals surface area contributed by atoms with Crippen LogP contribution < -0.4 is 14.2 Å². The average Bonchev–Trinajstić information content (AvgIpc) is 2.43. The van der Waals surface area contributed by atoms with Crippen molar-refractivity contribution in [3.8, 4) is 17.2 Å². The van der Waals surface area contributed by atoms with Gasteiger partial charge in [-0.25, -0.2) is 0 Å². The predicted molar refractivity (Wildman–Crippen MR) is 85.1 cm³/mol. The minimum Gasteiger partial charge on any atom is -0.493 e. The molecule has 21 heavy (non-hydrogen) atoms. The van der Waals surface area contributed by atoms with Gasteiger partial charge < -0.3 is 14.2 Å². The van der Waals surface area contributed by atoms with Crippen molar-refractivity contribution in [3.05, 3.63) is 22.8 Å². The second-order valence-corrected chi connectivity index (χ2v) is 6.19. The van der Waals surface area contributed by atoms with Crippen molar-refractivity contribution in [1.82, 2.24) is 4.98 Å². The third kappa shape index (κ3) is 2.72. The van der Waals surface area contributed by atoms with E-state index >= 15 is 0 Å². The van der Waals surface area contributed by atoms with E-state index in [1.165, 1.54) is 0 Å². The van der Waals surface area contributed by atoms with Crippen LogP contribution in [0.4, 0.5) is 0 Å². The van der Waals surface area contributed by atoms with Gasteiger partial charge in [0.2, 0.25) is 5.75 Å². The van der Waals surface area contributed by atoms with E-state index in [9.17, 15) is 0 Å². The van der Waals surface area contributed by atoms with Crippen LogP contribution in [0.3, 0.4) is 0 Å². The first kappa shape index (κ1) is 15.7. The molecule has 4 nitrogen and oxygen atoms in total. The number of fused-ring (bicyclic) bond motifs is 1. The summed E-state index contributed by atoms with van der Waals surface area (Å²) in [6, 6.07) is 3.69. The quantitative estimate of drug-likeness (QED) is 0.851. The molecule has 0 aliphatic carbocycles. The summed E-state index contributed by atoms with van der Waals surface area (Å²) in [5.74, 6) is 1.61. The van der Waals surface area contributed by atoms with E-state index in [0.29, 0.717) is 22.3 Å². The molecular formula is C16H20ClNO3. The summed E-state index contributed by atoms with van der Waals surface area (Å²) in [7, 11) is 4.72. The Kier molecular flexibility index (Phi) is 4.19. The molecule has 0 N–H and O–H groups in total. The summed E-state index contributed by atoms with van der Waals surface area (Å²) in [4.78, 5) is 4.70. The Hall–Kier alpha value is -1.68. The highest BCUT2D eigenvalue weighted by Gasteiger charge is 2.23. The van der Waals surface area contributed by atoms with Gasteiger partial charge in [0.05, 0.1) is 37.3 Å². The first-order valence-corrected chi connectivity index (χ1v) is 7.01. The Bertz CT molecular complexity index is 678. The van der Waals surface area contributed by atoms with Gasteiger partial charge >= 0.3 is 0 Å². The minimum absolute atomic E-state index is 0.0990. The van der Waals surface area contributed by atoms with E-state index in [1.54, 1.807) is 21.3 Å². The monoisotopic (exact) mass is 309 g/mol. The first-order chi connectivity index (χ1) is 9.83. The molecule has 2 rings (SSSR count). The molecule has 0 aliphatic heterocycles. The van der Waals surface area contributed by atoms with Gasteiger partial charge in [0.25, 0.3) is 0 Å². The van der Waals surface area contributed by atoms with Crippen LogP contribution in [0.2, 0.25) is 5.02 Å². The molecule has 1 aromatic heterocycles. The van der Waals surface area contributed by atoms with E-state index in [2.05, 4.69) is 20.8 Å². The fourth-order valence-electron chi connectivity index (χ4n) is 2.20. The summed E-state index contributed by atoms with van der Waals surface area (Å²) >= 11 is 6.46. The van der Waals surface area contributed by atoms with Crippen LogP contribution in [0.1, 0.15) is 26.5 Å². The summed E-state index contributed by atoms with van der Waals surface area (Å²) in [6.45, 7) is 6.28. The number of ether oxygens (including phenoxy) is 3. The molecule has 0 spiro atoms. The molecule has 0 atom stereocenters. The molecule has 1 heterocycles. The van der Waals surface area contributed by atoms with Crippen molar-refractivity contribution in [2.45, 2.75) is 26.2 Å². The van der Waals surface area contributed by atoms with Crippen LogP contribution >= 0.6 is 11.6 Å². The van der Waals surface area contributed by atoms with Crippen molar-refractivity contribution >= 4 is 22.5 Å². The van der Waals surface area contributed by atoms with E-state index in [0.717, 1.165) is 16.6 Å². The zero-order valence-corrected chi connectivity index (χ0v) is 14.0. The molecule has 0 fully saturated rings. The van der Waals surface area contributed by atoms with Gasteiger partial charge in [-0.05, 0) is 6.07 Å². The number of pyridine rings is 1. The topological polar surface area (TPSA) is 40.6 Å². The van der Waals surface area contributed by atoms with Gasteiger partial charge in [0.15, 0.2) is 11.5 Å².